The van der Waals surface area contributed by atoms with Crippen LogP contribution in [-0.2, 0) is 9.53 Å². The maximum absolute atomic E-state index is 12.3. The molecule has 1 aromatic carbocycles. The van der Waals surface area contributed by atoms with Crippen LogP contribution in [0.4, 0.5) is 4.79 Å². The first-order chi connectivity index (χ1) is 10.7. The molecule has 1 aliphatic rings. The predicted molar refractivity (Wildman–Crippen MR) is 83.4 cm³/mol. The van der Waals surface area contributed by atoms with Gasteiger partial charge in [0.25, 0.3) is 0 Å². The van der Waals surface area contributed by atoms with Crippen LogP contribution in [0.15, 0.2) is 30.3 Å². The van der Waals surface area contributed by atoms with E-state index < -0.39 is 6.04 Å². The summed E-state index contributed by atoms with van der Waals surface area (Å²) in [6, 6.07) is 9.11. The molecule has 0 saturated carbocycles. The van der Waals surface area contributed by atoms with Crippen LogP contribution in [0.5, 0.6) is 0 Å². The number of rotatable bonds is 5. The predicted octanol–water partition coefficient (Wildman–Crippen LogP) is 1.29. The molecule has 1 aliphatic heterocycles. The third-order valence-electron chi connectivity index (χ3n) is 3.87. The summed E-state index contributed by atoms with van der Waals surface area (Å²) >= 11 is 0. The number of ether oxygens (including phenoxy) is 1. The number of methoxy groups -OCH3 is 1. The summed E-state index contributed by atoms with van der Waals surface area (Å²) in [6.45, 7) is 3.29. The van der Waals surface area contributed by atoms with Crippen molar-refractivity contribution in [2.45, 2.75) is 25.5 Å². The first-order valence-electron chi connectivity index (χ1n) is 7.57. The number of hydrogen-bond acceptors (Lipinski definition) is 3. The Labute approximate surface area is 130 Å². The number of carbonyl (C=O) groups is 2. The molecule has 0 aromatic heterocycles. The van der Waals surface area contributed by atoms with Crippen molar-refractivity contribution in [3.05, 3.63) is 35.9 Å². The molecule has 1 fully saturated rings. The second-order valence-corrected chi connectivity index (χ2v) is 5.23. The second kappa shape index (κ2) is 7.79. The van der Waals surface area contributed by atoms with Crippen LogP contribution in [0, 0.1) is 0 Å². The number of piperazine rings is 1. The molecular formula is C16H23N3O3. The summed E-state index contributed by atoms with van der Waals surface area (Å²) in [6.07, 6.45) is 0.398. The third kappa shape index (κ3) is 3.76. The van der Waals surface area contributed by atoms with E-state index in [0.29, 0.717) is 26.1 Å². The highest BCUT2D eigenvalue weighted by Crippen LogP contribution is 2.15. The lowest BCUT2D eigenvalue weighted by molar-refractivity contribution is -0.127. The number of amides is 3. The Morgan fingerprint density at radius 3 is 2.82 bits per heavy atom. The van der Waals surface area contributed by atoms with E-state index >= 15 is 0 Å². The molecule has 1 heterocycles. The molecular weight excluding hydrogens is 282 g/mol. The van der Waals surface area contributed by atoms with E-state index in [2.05, 4.69) is 10.6 Å². The number of urea groups is 1. The van der Waals surface area contributed by atoms with Gasteiger partial charge in [-0.2, -0.15) is 0 Å². The normalized spacial score (nSPS) is 19.5. The van der Waals surface area contributed by atoms with E-state index in [4.69, 9.17) is 4.74 Å². The van der Waals surface area contributed by atoms with Crippen molar-refractivity contribution in [2.24, 2.45) is 0 Å². The van der Waals surface area contributed by atoms with Crippen LogP contribution in [0.2, 0.25) is 0 Å². The zero-order chi connectivity index (χ0) is 15.9. The second-order valence-electron chi connectivity index (χ2n) is 5.23. The lowest BCUT2D eigenvalue weighted by Crippen LogP contribution is -2.59. The molecule has 0 radical (unpaired) electrons. The van der Waals surface area contributed by atoms with Crippen LogP contribution >= 0.6 is 0 Å². The average molecular weight is 305 g/mol. The Balaban J connectivity index is 1.95. The molecule has 0 aliphatic carbocycles. The first-order valence-corrected chi connectivity index (χ1v) is 7.57. The van der Waals surface area contributed by atoms with Crippen molar-refractivity contribution >= 4 is 11.9 Å². The van der Waals surface area contributed by atoms with Crippen molar-refractivity contribution in [1.29, 1.82) is 0 Å². The van der Waals surface area contributed by atoms with Gasteiger partial charge in [0.1, 0.15) is 6.04 Å². The summed E-state index contributed by atoms with van der Waals surface area (Å²) in [5.74, 6) is -0.0877. The van der Waals surface area contributed by atoms with Gasteiger partial charge in [0.2, 0.25) is 5.91 Å². The minimum absolute atomic E-state index is 0.0877. The molecule has 2 N–H and O–H groups in total. The molecule has 120 valence electrons. The van der Waals surface area contributed by atoms with Gasteiger partial charge in [-0.1, -0.05) is 37.3 Å². The van der Waals surface area contributed by atoms with Crippen LogP contribution in [0.3, 0.4) is 0 Å². The highest BCUT2D eigenvalue weighted by Gasteiger charge is 2.31. The molecule has 1 aromatic rings. The van der Waals surface area contributed by atoms with Gasteiger partial charge in [-0.05, 0) is 12.0 Å². The lowest BCUT2D eigenvalue weighted by Gasteiger charge is -2.34. The third-order valence-corrected chi connectivity index (χ3v) is 3.87. The van der Waals surface area contributed by atoms with E-state index in [9.17, 15) is 9.59 Å². The van der Waals surface area contributed by atoms with Crippen molar-refractivity contribution in [3.8, 4) is 0 Å². The van der Waals surface area contributed by atoms with E-state index in [0.717, 1.165) is 5.56 Å². The van der Waals surface area contributed by atoms with Crippen molar-refractivity contribution in [3.63, 3.8) is 0 Å². The van der Waals surface area contributed by atoms with Gasteiger partial charge in [0, 0.05) is 26.7 Å². The molecule has 3 amide bonds. The van der Waals surface area contributed by atoms with Crippen LogP contribution in [0.1, 0.15) is 25.0 Å². The van der Waals surface area contributed by atoms with Crippen molar-refractivity contribution in [1.82, 2.24) is 15.5 Å². The largest absolute Gasteiger partial charge is 0.375 e. The molecule has 0 unspecified atom stereocenters. The molecule has 1 saturated heterocycles. The lowest BCUT2D eigenvalue weighted by atomic mass is 10.1. The number of benzene rings is 1. The number of hydrogen-bond donors (Lipinski definition) is 2. The minimum Gasteiger partial charge on any atom is -0.375 e. The highest BCUT2D eigenvalue weighted by atomic mass is 16.5. The molecule has 6 nitrogen and oxygen atoms in total. The number of nitrogens with zero attached hydrogens (tertiary/aromatic N) is 1. The molecule has 0 bridgehead atoms. The summed E-state index contributed by atoms with van der Waals surface area (Å²) in [5, 5.41) is 5.65. The van der Waals surface area contributed by atoms with E-state index in [1.165, 1.54) is 0 Å². The van der Waals surface area contributed by atoms with Crippen LogP contribution in [-0.4, -0.2) is 49.6 Å². The SMILES string of the molecule is CC[C@H]1C(=O)NCCN1C(=O)NC[C@H](OC)c1ccccc1. The standard InChI is InChI=1S/C16H23N3O3/c1-3-13-15(20)17-9-10-19(13)16(21)18-11-14(22-2)12-7-5-4-6-8-12/h4-8,13-14H,3,9-11H2,1-2H3,(H,17,20)(H,18,21)/t13-,14-/m0/s1. The summed E-state index contributed by atoms with van der Waals surface area (Å²) in [5.41, 5.74) is 1.01. The summed E-state index contributed by atoms with van der Waals surface area (Å²) in [7, 11) is 1.62. The molecule has 22 heavy (non-hydrogen) atoms. The molecule has 2 atom stereocenters. The zero-order valence-corrected chi connectivity index (χ0v) is 13.0. The molecule has 2 rings (SSSR count). The Kier molecular flexibility index (Phi) is 5.77. The Hall–Kier alpha value is -2.08. The van der Waals surface area contributed by atoms with Crippen LogP contribution < -0.4 is 10.6 Å². The summed E-state index contributed by atoms with van der Waals surface area (Å²) in [4.78, 5) is 25.7. The number of nitrogens with one attached hydrogen (secondary N) is 2. The fourth-order valence-corrected chi connectivity index (χ4v) is 2.65. The smallest absolute Gasteiger partial charge is 0.318 e. The van der Waals surface area contributed by atoms with Gasteiger partial charge in [0.05, 0.1) is 6.10 Å². The quantitative estimate of drug-likeness (QED) is 0.861. The fourth-order valence-electron chi connectivity index (χ4n) is 2.65. The van der Waals surface area contributed by atoms with Crippen LogP contribution in [0.25, 0.3) is 0 Å². The topological polar surface area (TPSA) is 70.7 Å². The van der Waals surface area contributed by atoms with E-state index in [1.54, 1.807) is 12.0 Å². The van der Waals surface area contributed by atoms with Gasteiger partial charge in [-0.15, -0.1) is 0 Å². The van der Waals surface area contributed by atoms with Gasteiger partial charge in [-0.3, -0.25) is 4.79 Å². The highest BCUT2D eigenvalue weighted by molar-refractivity contribution is 5.88. The Morgan fingerprint density at radius 2 is 2.18 bits per heavy atom. The fraction of sp³-hybridized carbons (Fsp3) is 0.500. The minimum atomic E-state index is -0.397. The van der Waals surface area contributed by atoms with E-state index in [1.807, 2.05) is 37.3 Å². The number of carbonyl (C=O) groups excluding carboxylic acids is 2. The monoisotopic (exact) mass is 305 g/mol. The maximum Gasteiger partial charge on any atom is 0.318 e. The zero-order valence-electron chi connectivity index (χ0n) is 13.0. The Morgan fingerprint density at radius 1 is 1.45 bits per heavy atom. The Bertz CT molecular complexity index is 507. The van der Waals surface area contributed by atoms with Gasteiger partial charge >= 0.3 is 6.03 Å². The van der Waals surface area contributed by atoms with Crippen molar-refractivity contribution in [2.75, 3.05) is 26.7 Å². The maximum atomic E-state index is 12.3. The first kappa shape index (κ1) is 16.3. The molecule has 0 spiro atoms. The van der Waals surface area contributed by atoms with Gasteiger partial charge < -0.3 is 20.3 Å². The van der Waals surface area contributed by atoms with Crippen molar-refractivity contribution < 1.29 is 14.3 Å². The summed E-state index contributed by atoms with van der Waals surface area (Å²) < 4.78 is 5.44. The van der Waals surface area contributed by atoms with Gasteiger partial charge in [-0.25, -0.2) is 4.79 Å². The van der Waals surface area contributed by atoms with Gasteiger partial charge in [0.15, 0.2) is 0 Å². The van der Waals surface area contributed by atoms with E-state index in [-0.39, 0.29) is 18.0 Å². The average Bonchev–Trinajstić information content (AvgIpc) is 2.56. The molecule has 6 heteroatoms.